The second-order valence-electron chi connectivity index (χ2n) is 18.5. The topological polar surface area (TPSA) is 78.9 Å². The highest BCUT2D eigenvalue weighted by Crippen LogP contribution is 2.17. The lowest BCUT2D eigenvalue weighted by Gasteiger charge is -2.18. The monoisotopic (exact) mass is 885 g/mol. The molecule has 0 aliphatic carbocycles. The molecule has 0 fully saturated rings. The Labute approximate surface area is 391 Å². The standard InChI is InChI=1S/C57H104O6/c1-4-7-10-13-16-19-22-25-26-27-28-29-30-31-33-35-38-41-44-47-50-56(59)62-53-54(52-61-55(58)49-46-43-40-37-34-24-21-18-15-12-9-6-3)63-57(60)51-48-45-42-39-36-32-23-20-17-14-11-8-5-2/h8,11,17,20,32,36,54H,4-7,9-10,12-16,18-19,21-31,33-35,37-53H2,1-3H3/b11-8-,20-17-,36-32-. The molecule has 6 heteroatoms. The summed E-state index contributed by atoms with van der Waals surface area (Å²) in [7, 11) is 0. The average Bonchev–Trinajstić information content (AvgIpc) is 3.28. The molecular weight excluding hydrogens is 781 g/mol. The molecule has 0 saturated carbocycles. The van der Waals surface area contributed by atoms with Crippen LogP contribution in [0.3, 0.4) is 0 Å². The zero-order valence-electron chi connectivity index (χ0n) is 42.1. The highest BCUT2D eigenvalue weighted by atomic mass is 16.6. The van der Waals surface area contributed by atoms with Crippen LogP contribution in [0.1, 0.15) is 290 Å². The second kappa shape index (κ2) is 52.3. The Bertz CT molecular complexity index is 1060. The minimum absolute atomic E-state index is 0.0796. The SMILES string of the molecule is CC/C=C\C/C=C\C/C=C\CCCCCC(=O)OC(COC(=O)CCCCCCCCCCCCCC)COC(=O)CCCCCCCCCCCCCCCCCCCCCC. The van der Waals surface area contributed by atoms with Crippen molar-refractivity contribution in [3.8, 4) is 0 Å². The van der Waals surface area contributed by atoms with Gasteiger partial charge in [-0.25, -0.2) is 0 Å². The summed E-state index contributed by atoms with van der Waals surface area (Å²) in [4.78, 5) is 38.0. The third-order valence-corrected chi connectivity index (χ3v) is 12.2. The van der Waals surface area contributed by atoms with Crippen molar-refractivity contribution in [3.05, 3.63) is 36.5 Å². The van der Waals surface area contributed by atoms with Gasteiger partial charge >= 0.3 is 17.9 Å². The van der Waals surface area contributed by atoms with E-state index in [1.807, 2.05) is 0 Å². The minimum atomic E-state index is -0.782. The first-order valence-electron chi connectivity index (χ1n) is 27.5. The Kier molecular flexibility index (Phi) is 50.3. The lowest BCUT2D eigenvalue weighted by atomic mass is 10.0. The summed E-state index contributed by atoms with van der Waals surface area (Å²) in [5.41, 5.74) is 0. The largest absolute Gasteiger partial charge is 0.462 e. The molecule has 0 aliphatic heterocycles. The van der Waals surface area contributed by atoms with Crippen molar-refractivity contribution in [1.29, 1.82) is 0 Å². The molecule has 1 unspecified atom stereocenters. The Morgan fingerprint density at radius 1 is 0.333 bits per heavy atom. The Hall–Kier alpha value is -2.37. The number of hydrogen-bond acceptors (Lipinski definition) is 6. The summed E-state index contributed by atoms with van der Waals surface area (Å²) in [6.07, 6.45) is 61.4. The Balaban J connectivity index is 4.29. The van der Waals surface area contributed by atoms with Crippen molar-refractivity contribution >= 4 is 17.9 Å². The molecule has 0 spiro atoms. The van der Waals surface area contributed by atoms with Gasteiger partial charge in [0.15, 0.2) is 6.10 Å². The predicted octanol–water partition coefficient (Wildman–Crippen LogP) is 18.1. The molecule has 0 aromatic carbocycles. The van der Waals surface area contributed by atoms with Crippen LogP contribution in [-0.2, 0) is 28.6 Å². The normalized spacial score (nSPS) is 12.2. The summed E-state index contributed by atoms with van der Waals surface area (Å²) in [5, 5.41) is 0. The molecule has 0 bridgehead atoms. The van der Waals surface area contributed by atoms with Gasteiger partial charge in [-0.1, -0.05) is 256 Å². The maximum Gasteiger partial charge on any atom is 0.306 e. The summed E-state index contributed by atoms with van der Waals surface area (Å²) >= 11 is 0. The van der Waals surface area contributed by atoms with Crippen molar-refractivity contribution in [1.82, 2.24) is 0 Å². The van der Waals surface area contributed by atoms with Crippen molar-refractivity contribution in [2.24, 2.45) is 0 Å². The molecule has 368 valence electrons. The number of hydrogen-bond donors (Lipinski definition) is 0. The van der Waals surface area contributed by atoms with E-state index in [4.69, 9.17) is 14.2 Å². The van der Waals surface area contributed by atoms with E-state index >= 15 is 0 Å². The van der Waals surface area contributed by atoms with Gasteiger partial charge in [-0.3, -0.25) is 14.4 Å². The number of carbonyl (C=O) groups is 3. The maximum atomic E-state index is 12.8. The summed E-state index contributed by atoms with van der Waals surface area (Å²) in [6.45, 7) is 6.53. The summed E-state index contributed by atoms with van der Waals surface area (Å²) < 4.78 is 16.8. The lowest BCUT2D eigenvalue weighted by molar-refractivity contribution is -0.167. The van der Waals surface area contributed by atoms with Crippen molar-refractivity contribution < 1.29 is 28.6 Å². The molecule has 0 heterocycles. The number of esters is 3. The molecule has 0 amide bonds. The molecule has 0 rings (SSSR count). The van der Waals surface area contributed by atoms with Crippen LogP contribution in [0.5, 0.6) is 0 Å². The van der Waals surface area contributed by atoms with Crippen molar-refractivity contribution in [3.63, 3.8) is 0 Å². The van der Waals surface area contributed by atoms with Gasteiger partial charge in [0, 0.05) is 19.3 Å². The zero-order chi connectivity index (χ0) is 45.8. The molecule has 0 aliphatic rings. The zero-order valence-corrected chi connectivity index (χ0v) is 42.1. The third-order valence-electron chi connectivity index (χ3n) is 12.2. The third kappa shape index (κ3) is 50.5. The van der Waals surface area contributed by atoms with E-state index in [2.05, 4.69) is 57.2 Å². The molecule has 0 saturated heterocycles. The molecule has 0 aromatic rings. The van der Waals surface area contributed by atoms with Crippen LogP contribution in [0.15, 0.2) is 36.5 Å². The number of rotatable bonds is 50. The average molecular weight is 885 g/mol. The van der Waals surface area contributed by atoms with E-state index in [0.29, 0.717) is 19.3 Å². The van der Waals surface area contributed by atoms with Gasteiger partial charge in [-0.2, -0.15) is 0 Å². The van der Waals surface area contributed by atoms with Crippen LogP contribution < -0.4 is 0 Å². The second-order valence-corrected chi connectivity index (χ2v) is 18.5. The predicted molar refractivity (Wildman–Crippen MR) is 270 cm³/mol. The van der Waals surface area contributed by atoms with Crippen LogP contribution in [0, 0.1) is 0 Å². The summed E-state index contributed by atoms with van der Waals surface area (Å²) in [5.74, 6) is -0.895. The lowest BCUT2D eigenvalue weighted by Crippen LogP contribution is -2.30. The quantitative estimate of drug-likeness (QED) is 0.0262. The number of carbonyl (C=O) groups excluding carboxylic acids is 3. The first-order chi connectivity index (χ1) is 31.0. The summed E-state index contributed by atoms with van der Waals surface area (Å²) in [6, 6.07) is 0. The first kappa shape index (κ1) is 60.6. The molecule has 0 N–H and O–H groups in total. The molecule has 0 radical (unpaired) electrons. The minimum Gasteiger partial charge on any atom is -0.462 e. The van der Waals surface area contributed by atoms with Gasteiger partial charge in [-0.15, -0.1) is 0 Å². The Morgan fingerprint density at radius 2 is 0.619 bits per heavy atom. The van der Waals surface area contributed by atoms with Crippen LogP contribution in [0.4, 0.5) is 0 Å². The molecule has 6 nitrogen and oxygen atoms in total. The maximum absolute atomic E-state index is 12.8. The van der Waals surface area contributed by atoms with E-state index in [0.717, 1.165) is 83.5 Å². The fourth-order valence-electron chi connectivity index (χ4n) is 8.05. The van der Waals surface area contributed by atoms with Gasteiger partial charge in [-0.05, 0) is 51.4 Å². The van der Waals surface area contributed by atoms with Crippen molar-refractivity contribution in [2.75, 3.05) is 13.2 Å². The van der Waals surface area contributed by atoms with Gasteiger partial charge in [0.05, 0.1) is 0 Å². The fourth-order valence-corrected chi connectivity index (χ4v) is 8.05. The van der Waals surface area contributed by atoms with Crippen molar-refractivity contribution in [2.45, 2.75) is 297 Å². The van der Waals surface area contributed by atoms with E-state index in [-0.39, 0.29) is 31.1 Å². The van der Waals surface area contributed by atoms with Gasteiger partial charge in [0.1, 0.15) is 13.2 Å². The van der Waals surface area contributed by atoms with Gasteiger partial charge in [0.2, 0.25) is 0 Å². The van der Waals surface area contributed by atoms with Crippen LogP contribution >= 0.6 is 0 Å². The van der Waals surface area contributed by atoms with Crippen LogP contribution in [0.25, 0.3) is 0 Å². The molecule has 63 heavy (non-hydrogen) atoms. The van der Waals surface area contributed by atoms with Crippen LogP contribution in [-0.4, -0.2) is 37.2 Å². The first-order valence-corrected chi connectivity index (χ1v) is 27.5. The van der Waals surface area contributed by atoms with Gasteiger partial charge < -0.3 is 14.2 Å². The molecular formula is C57H104O6. The van der Waals surface area contributed by atoms with E-state index in [1.54, 1.807) is 0 Å². The number of ether oxygens (including phenoxy) is 3. The smallest absolute Gasteiger partial charge is 0.306 e. The van der Waals surface area contributed by atoms with E-state index in [1.165, 1.54) is 167 Å². The highest BCUT2D eigenvalue weighted by molar-refractivity contribution is 5.71. The Morgan fingerprint density at radius 3 is 0.968 bits per heavy atom. The van der Waals surface area contributed by atoms with E-state index < -0.39 is 6.10 Å². The number of unbranched alkanes of at least 4 members (excludes halogenated alkanes) is 33. The van der Waals surface area contributed by atoms with Gasteiger partial charge in [0.25, 0.3) is 0 Å². The number of allylic oxidation sites excluding steroid dienone is 6. The van der Waals surface area contributed by atoms with Crippen LogP contribution in [0.2, 0.25) is 0 Å². The molecule has 0 aromatic heterocycles. The highest BCUT2D eigenvalue weighted by Gasteiger charge is 2.19. The van der Waals surface area contributed by atoms with E-state index in [9.17, 15) is 14.4 Å². The fraction of sp³-hybridized carbons (Fsp3) is 0.842. The molecule has 1 atom stereocenters.